The Morgan fingerprint density at radius 2 is 1.50 bits per heavy atom. The van der Waals surface area contributed by atoms with E-state index in [1.54, 1.807) is 0 Å². The fraction of sp³-hybridized carbons (Fsp3) is 0.250. The van der Waals surface area contributed by atoms with Crippen molar-refractivity contribution in [1.29, 1.82) is 0 Å². The number of ether oxygens (including phenoxy) is 1. The molecule has 0 aliphatic carbocycles. The van der Waals surface area contributed by atoms with E-state index in [1.165, 1.54) is 5.56 Å². The molecular formula is C16H19NO. The number of hydrogen-bond acceptors (Lipinski definition) is 2. The first kappa shape index (κ1) is 12.8. The van der Waals surface area contributed by atoms with Crippen LogP contribution in [0.15, 0.2) is 60.7 Å². The molecule has 0 aliphatic heterocycles. The zero-order chi connectivity index (χ0) is 12.8. The second-order valence-electron chi connectivity index (χ2n) is 4.49. The van der Waals surface area contributed by atoms with E-state index < -0.39 is 0 Å². The first-order chi connectivity index (χ1) is 8.77. The summed E-state index contributed by atoms with van der Waals surface area (Å²) in [5.74, 6) is 0. The molecule has 0 fully saturated rings. The number of nitrogens with two attached hydrogens (primary N) is 1. The van der Waals surface area contributed by atoms with Crippen molar-refractivity contribution in [3.8, 4) is 0 Å². The Kier molecular flexibility index (Phi) is 4.51. The van der Waals surface area contributed by atoms with Crippen LogP contribution in [0.25, 0.3) is 0 Å². The highest BCUT2D eigenvalue weighted by Crippen LogP contribution is 2.21. The van der Waals surface area contributed by atoms with E-state index >= 15 is 0 Å². The molecule has 0 heterocycles. The highest BCUT2D eigenvalue weighted by Gasteiger charge is 2.16. The molecule has 2 aromatic carbocycles. The topological polar surface area (TPSA) is 35.2 Å². The molecule has 0 amide bonds. The van der Waals surface area contributed by atoms with Crippen LogP contribution in [-0.2, 0) is 11.3 Å². The van der Waals surface area contributed by atoms with E-state index in [2.05, 4.69) is 24.3 Å². The van der Waals surface area contributed by atoms with Gasteiger partial charge in [0.05, 0.1) is 12.7 Å². The summed E-state index contributed by atoms with van der Waals surface area (Å²) >= 11 is 0. The average molecular weight is 241 g/mol. The van der Waals surface area contributed by atoms with Gasteiger partial charge in [0, 0.05) is 6.04 Å². The molecule has 94 valence electrons. The van der Waals surface area contributed by atoms with Crippen molar-refractivity contribution < 1.29 is 4.74 Å². The second kappa shape index (κ2) is 6.34. The Hall–Kier alpha value is -1.64. The van der Waals surface area contributed by atoms with E-state index in [1.807, 2.05) is 43.3 Å². The van der Waals surface area contributed by atoms with E-state index in [-0.39, 0.29) is 12.1 Å². The number of hydrogen-bond donors (Lipinski definition) is 1. The summed E-state index contributed by atoms with van der Waals surface area (Å²) in [6.07, 6.45) is -0.0635. The number of benzene rings is 2. The maximum absolute atomic E-state index is 6.01. The molecule has 2 nitrogen and oxygen atoms in total. The summed E-state index contributed by atoms with van der Waals surface area (Å²) in [5.41, 5.74) is 8.30. The maximum atomic E-state index is 6.01. The van der Waals surface area contributed by atoms with E-state index in [0.29, 0.717) is 6.61 Å². The van der Waals surface area contributed by atoms with Crippen LogP contribution in [0.5, 0.6) is 0 Å². The molecule has 2 N–H and O–H groups in total. The van der Waals surface area contributed by atoms with Gasteiger partial charge in [-0.1, -0.05) is 60.7 Å². The first-order valence-corrected chi connectivity index (χ1v) is 6.23. The van der Waals surface area contributed by atoms with Gasteiger partial charge < -0.3 is 10.5 Å². The van der Waals surface area contributed by atoms with Crippen molar-refractivity contribution in [3.63, 3.8) is 0 Å². The van der Waals surface area contributed by atoms with Gasteiger partial charge in [-0.05, 0) is 18.1 Å². The van der Waals surface area contributed by atoms with Gasteiger partial charge in [-0.2, -0.15) is 0 Å². The van der Waals surface area contributed by atoms with Crippen LogP contribution in [0.1, 0.15) is 24.2 Å². The van der Waals surface area contributed by atoms with E-state index in [0.717, 1.165) is 5.56 Å². The average Bonchev–Trinajstić information content (AvgIpc) is 2.41. The predicted octanol–water partition coefficient (Wildman–Crippen LogP) is 3.29. The minimum absolute atomic E-state index is 0.0314. The van der Waals surface area contributed by atoms with Crippen molar-refractivity contribution >= 4 is 0 Å². The summed E-state index contributed by atoms with van der Waals surface area (Å²) < 4.78 is 5.95. The lowest BCUT2D eigenvalue weighted by atomic mass is 10.0. The molecule has 2 aromatic rings. The molecule has 2 rings (SSSR count). The standard InChI is InChI=1S/C16H19NO/c1-13(17)16(15-10-6-3-7-11-15)18-12-14-8-4-2-5-9-14/h2-11,13,16H,12,17H2,1H3/t13-,16-/m1/s1. The van der Waals surface area contributed by atoms with Crippen LogP contribution < -0.4 is 5.73 Å². The second-order valence-corrected chi connectivity index (χ2v) is 4.49. The fourth-order valence-corrected chi connectivity index (χ4v) is 1.95. The van der Waals surface area contributed by atoms with Crippen molar-refractivity contribution in [1.82, 2.24) is 0 Å². The van der Waals surface area contributed by atoms with Crippen LogP contribution in [0, 0.1) is 0 Å². The third-order valence-corrected chi connectivity index (χ3v) is 2.88. The van der Waals surface area contributed by atoms with E-state index in [9.17, 15) is 0 Å². The van der Waals surface area contributed by atoms with Crippen molar-refractivity contribution in [2.24, 2.45) is 5.73 Å². The molecule has 0 bridgehead atoms. The van der Waals surface area contributed by atoms with Gasteiger partial charge >= 0.3 is 0 Å². The molecule has 2 atom stereocenters. The molecule has 0 radical (unpaired) electrons. The van der Waals surface area contributed by atoms with Gasteiger partial charge in [0.15, 0.2) is 0 Å². The summed E-state index contributed by atoms with van der Waals surface area (Å²) in [7, 11) is 0. The fourth-order valence-electron chi connectivity index (χ4n) is 1.95. The molecule has 0 saturated carbocycles. The van der Waals surface area contributed by atoms with Crippen LogP contribution in [-0.4, -0.2) is 6.04 Å². The van der Waals surface area contributed by atoms with Crippen LogP contribution in [0.3, 0.4) is 0 Å². The zero-order valence-electron chi connectivity index (χ0n) is 10.6. The highest BCUT2D eigenvalue weighted by molar-refractivity contribution is 5.19. The smallest absolute Gasteiger partial charge is 0.0977 e. The minimum atomic E-state index is -0.0635. The summed E-state index contributed by atoms with van der Waals surface area (Å²) in [4.78, 5) is 0. The molecule has 0 aliphatic rings. The number of rotatable bonds is 5. The van der Waals surface area contributed by atoms with Gasteiger partial charge in [0.25, 0.3) is 0 Å². The van der Waals surface area contributed by atoms with Gasteiger partial charge in [-0.15, -0.1) is 0 Å². The minimum Gasteiger partial charge on any atom is -0.367 e. The first-order valence-electron chi connectivity index (χ1n) is 6.23. The van der Waals surface area contributed by atoms with Crippen molar-refractivity contribution in [2.45, 2.75) is 25.7 Å². The third kappa shape index (κ3) is 3.42. The molecule has 0 unspecified atom stereocenters. The Labute approximate surface area is 108 Å². The summed E-state index contributed by atoms with van der Waals surface area (Å²) in [6, 6.07) is 20.3. The third-order valence-electron chi connectivity index (χ3n) is 2.88. The SMILES string of the molecule is C[C@@H](N)[C@@H](OCc1ccccc1)c1ccccc1. The lowest BCUT2D eigenvalue weighted by Gasteiger charge is -2.22. The van der Waals surface area contributed by atoms with Crippen LogP contribution in [0.2, 0.25) is 0 Å². The van der Waals surface area contributed by atoms with Crippen molar-refractivity contribution in [2.75, 3.05) is 0 Å². The van der Waals surface area contributed by atoms with Crippen molar-refractivity contribution in [3.05, 3.63) is 71.8 Å². The molecule has 0 aromatic heterocycles. The summed E-state index contributed by atoms with van der Waals surface area (Å²) in [5, 5.41) is 0. The maximum Gasteiger partial charge on any atom is 0.0977 e. The largest absolute Gasteiger partial charge is 0.367 e. The quantitative estimate of drug-likeness (QED) is 0.871. The summed E-state index contributed by atoms with van der Waals surface area (Å²) in [6.45, 7) is 2.56. The zero-order valence-corrected chi connectivity index (χ0v) is 10.6. The van der Waals surface area contributed by atoms with Crippen LogP contribution in [0.4, 0.5) is 0 Å². The highest BCUT2D eigenvalue weighted by atomic mass is 16.5. The normalized spacial score (nSPS) is 14.1. The van der Waals surface area contributed by atoms with Gasteiger partial charge in [-0.25, -0.2) is 0 Å². The molecule has 2 heteroatoms. The molecule has 0 spiro atoms. The Morgan fingerprint density at radius 3 is 2.06 bits per heavy atom. The molecular weight excluding hydrogens is 222 g/mol. The van der Waals surface area contributed by atoms with Crippen LogP contribution >= 0.6 is 0 Å². The predicted molar refractivity (Wildman–Crippen MR) is 74.1 cm³/mol. The van der Waals surface area contributed by atoms with Gasteiger partial charge in [-0.3, -0.25) is 0 Å². The lowest BCUT2D eigenvalue weighted by molar-refractivity contribution is 0.0259. The Morgan fingerprint density at radius 1 is 0.944 bits per heavy atom. The van der Waals surface area contributed by atoms with Gasteiger partial charge in [0.2, 0.25) is 0 Å². The molecule has 18 heavy (non-hydrogen) atoms. The Balaban J connectivity index is 2.04. The monoisotopic (exact) mass is 241 g/mol. The molecule has 0 saturated heterocycles. The lowest BCUT2D eigenvalue weighted by Crippen LogP contribution is -2.26. The Bertz CT molecular complexity index is 453. The van der Waals surface area contributed by atoms with E-state index in [4.69, 9.17) is 10.5 Å². The van der Waals surface area contributed by atoms with Gasteiger partial charge in [0.1, 0.15) is 0 Å².